The van der Waals surface area contributed by atoms with Gasteiger partial charge in [-0.1, -0.05) is 0 Å². The molecule has 0 saturated carbocycles. The van der Waals surface area contributed by atoms with E-state index in [2.05, 4.69) is 20.3 Å². The zero-order chi connectivity index (χ0) is 19.9. The Morgan fingerprint density at radius 2 is 1.90 bits per heavy atom. The van der Waals surface area contributed by atoms with Crippen molar-refractivity contribution in [2.45, 2.75) is 19.0 Å². The third-order valence-electron chi connectivity index (χ3n) is 4.66. The molecule has 0 atom stereocenters. The van der Waals surface area contributed by atoms with E-state index < -0.39 is 23.2 Å². The van der Waals surface area contributed by atoms with Gasteiger partial charge in [0.15, 0.2) is 5.82 Å². The van der Waals surface area contributed by atoms with Crippen LogP contribution < -0.4 is 10.2 Å². The molecule has 2 aromatic heterocycles. The molecule has 2 aliphatic heterocycles. The van der Waals surface area contributed by atoms with Gasteiger partial charge in [-0.3, -0.25) is 14.9 Å². The number of imide groups is 1. The normalized spacial score (nSPS) is 19.6. The number of rotatable bonds is 2. The van der Waals surface area contributed by atoms with Crippen LogP contribution in [-0.4, -0.2) is 96.7 Å². The fourth-order valence-corrected chi connectivity index (χ4v) is 3.90. The van der Waals surface area contributed by atoms with E-state index in [0.29, 0.717) is 22.5 Å². The van der Waals surface area contributed by atoms with Gasteiger partial charge in [-0.25, -0.2) is 15.0 Å². The van der Waals surface area contributed by atoms with Crippen molar-refractivity contribution < 1.29 is 22.8 Å². The van der Waals surface area contributed by atoms with Crippen LogP contribution in [0.3, 0.4) is 0 Å². The molecule has 1 N–H and O–H groups in total. The van der Waals surface area contributed by atoms with Gasteiger partial charge in [-0.2, -0.15) is 13.2 Å². The number of nitrogens with zero attached hydrogens (tertiary/aromatic N) is 4. The van der Waals surface area contributed by atoms with E-state index in [1.54, 1.807) is 17.0 Å². The number of amides is 2. The van der Waals surface area contributed by atoms with E-state index in [9.17, 15) is 22.8 Å². The van der Waals surface area contributed by atoms with E-state index in [1.807, 2.05) is 0 Å². The molecule has 0 radical (unpaired) electrons. The fourth-order valence-electron chi connectivity index (χ4n) is 3.23. The SMILES string of the molecule is O=C1NC(=O)/C(=C/c2ccc3ncnc(N4CCC(C(F)(F)F)CC4)c3n2)S1.[KH]. The van der Waals surface area contributed by atoms with Crippen LogP contribution in [0.2, 0.25) is 0 Å². The molecule has 0 unspecified atom stereocenters. The summed E-state index contributed by atoms with van der Waals surface area (Å²) in [4.78, 5) is 37.8. The maximum absolute atomic E-state index is 12.9. The monoisotopic (exact) mass is 449 g/mol. The second-order valence-electron chi connectivity index (χ2n) is 6.46. The second-order valence-corrected chi connectivity index (χ2v) is 7.47. The van der Waals surface area contributed by atoms with Gasteiger partial charge in [0.25, 0.3) is 11.1 Å². The Balaban J connectivity index is 0.00000240. The molecule has 2 aliphatic rings. The Labute approximate surface area is 210 Å². The van der Waals surface area contributed by atoms with Gasteiger partial charge in [0, 0.05) is 13.1 Å². The number of piperidine rings is 1. The molecule has 2 fully saturated rings. The number of nitrogens with one attached hydrogen (secondary N) is 1. The molecule has 29 heavy (non-hydrogen) atoms. The van der Waals surface area contributed by atoms with Crippen molar-refractivity contribution >= 4 is 97.2 Å². The van der Waals surface area contributed by atoms with Crippen LogP contribution >= 0.6 is 11.8 Å². The first-order valence-corrected chi connectivity index (χ1v) is 9.31. The molecule has 148 valence electrons. The molecule has 0 bridgehead atoms. The summed E-state index contributed by atoms with van der Waals surface area (Å²) in [6.45, 7) is 0.437. The summed E-state index contributed by atoms with van der Waals surface area (Å²) in [5.41, 5.74) is 1.42. The number of carbonyl (C=O) groups is 2. The average Bonchev–Trinajstić information content (AvgIpc) is 2.97. The van der Waals surface area contributed by atoms with Crippen molar-refractivity contribution in [3.63, 3.8) is 0 Å². The number of carbonyl (C=O) groups excluding carboxylic acids is 2. The minimum absolute atomic E-state index is 0. The molecular formula is C17H15F3KN5O2S. The first-order valence-electron chi connectivity index (χ1n) is 8.49. The van der Waals surface area contributed by atoms with Crippen LogP contribution in [0, 0.1) is 5.92 Å². The summed E-state index contributed by atoms with van der Waals surface area (Å²) in [7, 11) is 0. The van der Waals surface area contributed by atoms with E-state index in [1.165, 1.54) is 12.4 Å². The number of thioether (sulfide) groups is 1. The zero-order valence-electron chi connectivity index (χ0n) is 14.4. The summed E-state index contributed by atoms with van der Waals surface area (Å²) in [6.07, 6.45) is -1.35. The zero-order valence-corrected chi connectivity index (χ0v) is 15.2. The third kappa shape index (κ3) is 4.99. The molecule has 4 heterocycles. The Morgan fingerprint density at radius 1 is 1.17 bits per heavy atom. The van der Waals surface area contributed by atoms with Crippen molar-refractivity contribution in [2.24, 2.45) is 5.92 Å². The van der Waals surface area contributed by atoms with Crippen LogP contribution in [-0.2, 0) is 4.79 Å². The number of pyridine rings is 1. The predicted octanol–water partition coefficient (Wildman–Crippen LogP) is 2.48. The predicted molar refractivity (Wildman–Crippen MR) is 105 cm³/mol. The number of fused-ring (bicyclic) bond motifs is 1. The number of aromatic nitrogens is 3. The van der Waals surface area contributed by atoms with E-state index in [-0.39, 0.29) is 82.2 Å². The van der Waals surface area contributed by atoms with Crippen molar-refractivity contribution in [1.29, 1.82) is 0 Å². The van der Waals surface area contributed by atoms with Crippen molar-refractivity contribution in [2.75, 3.05) is 18.0 Å². The number of anilines is 1. The van der Waals surface area contributed by atoms with Crippen molar-refractivity contribution in [3.8, 4) is 0 Å². The van der Waals surface area contributed by atoms with Crippen LogP contribution in [0.25, 0.3) is 17.1 Å². The van der Waals surface area contributed by atoms with Gasteiger partial charge in [0.1, 0.15) is 11.8 Å². The topological polar surface area (TPSA) is 88.1 Å². The fraction of sp³-hybridized carbons (Fsp3) is 0.353. The van der Waals surface area contributed by atoms with Crippen LogP contribution in [0.4, 0.5) is 23.8 Å². The number of halogens is 3. The molecular weight excluding hydrogens is 434 g/mol. The molecule has 12 heteroatoms. The maximum atomic E-state index is 12.9. The van der Waals surface area contributed by atoms with Crippen LogP contribution in [0.1, 0.15) is 18.5 Å². The molecule has 7 nitrogen and oxygen atoms in total. The number of hydrogen-bond donors (Lipinski definition) is 1. The Kier molecular flexibility index (Phi) is 7.01. The molecule has 2 amide bonds. The number of hydrogen-bond acceptors (Lipinski definition) is 7. The quantitative estimate of drug-likeness (QED) is 0.557. The van der Waals surface area contributed by atoms with Gasteiger partial charge >= 0.3 is 57.6 Å². The first kappa shape index (κ1) is 22.6. The molecule has 4 rings (SSSR count). The van der Waals surface area contributed by atoms with Crippen molar-refractivity contribution in [3.05, 3.63) is 29.1 Å². The van der Waals surface area contributed by atoms with Gasteiger partial charge in [0.05, 0.1) is 22.0 Å². The Morgan fingerprint density at radius 3 is 2.52 bits per heavy atom. The second kappa shape index (κ2) is 8.98. The summed E-state index contributed by atoms with van der Waals surface area (Å²) < 4.78 is 38.7. The summed E-state index contributed by atoms with van der Waals surface area (Å²) in [5, 5.41) is 1.72. The minimum atomic E-state index is -4.19. The standard InChI is InChI=1S/C17H14F3N5O2S.K.H/c18-17(19,20)9-3-5-25(6-4-9)14-13-11(21-8-22-14)2-1-10(23-13)7-12-15(26)24-16(27)28-12;;/h1-2,7-9H,3-6H2,(H,24,26,27);;/b12-7-;;. The average molecular weight is 449 g/mol. The molecule has 2 saturated heterocycles. The van der Waals surface area contributed by atoms with Crippen LogP contribution in [0.15, 0.2) is 23.4 Å². The van der Waals surface area contributed by atoms with Gasteiger partial charge < -0.3 is 4.90 Å². The summed E-state index contributed by atoms with van der Waals surface area (Å²) in [6, 6.07) is 3.35. The Bertz CT molecular complexity index is 993. The van der Waals surface area contributed by atoms with Gasteiger partial charge in [0.2, 0.25) is 0 Å². The molecule has 2 aromatic rings. The van der Waals surface area contributed by atoms with E-state index in [4.69, 9.17) is 0 Å². The Hall–Kier alpha value is -1.05. The summed E-state index contributed by atoms with van der Waals surface area (Å²) in [5.74, 6) is -1.33. The van der Waals surface area contributed by atoms with Crippen LogP contribution in [0.5, 0.6) is 0 Å². The number of alkyl halides is 3. The summed E-state index contributed by atoms with van der Waals surface area (Å²) >= 11 is 0.782. The van der Waals surface area contributed by atoms with Crippen molar-refractivity contribution in [1.82, 2.24) is 20.3 Å². The molecule has 0 aromatic carbocycles. The molecule has 0 aliphatic carbocycles. The van der Waals surface area contributed by atoms with E-state index >= 15 is 0 Å². The van der Waals surface area contributed by atoms with E-state index in [0.717, 1.165) is 11.8 Å². The van der Waals surface area contributed by atoms with Gasteiger partial charge in [-0.05, 0) is 42.8 Å². The molecule has 0 spiro atoms. The first-order chi connectivity index (χ1) is 13.3. The third-order valence-corrected chi connectivity index (χ3v) is 5.47. The van der Waals surface area contributed by atoms with Gasteiger partial charge in [-0.15, -0.1) is 0 Å².